The summed E-state index contributed by atoms with van der Waals surface area (Å²) in [4.78, 5) is 12.6. The van der Waals surface area contributed by atoms with E-state index in [-0.39, 0.29) is 28.4 Å². The molecular formula is C21H15ClN6O5S. The van der Waals surface area contributed by atoms with E-state index >= 15 is 0 Å². The quantitative estimate of drug-likeness (QED) is 0.366. The molecule has 0 aliphatic carbocycles. The average molecular weight is 499 g/mol. The van der Waals surface area contributed by atoms with Crippen LogP contribution in [0.25, 0.3) is 11.3 Å². The zero-order valence-electron chi connectivity index (χ0n) is 17.1. The lowest BCUT2D eigenvalue weighted by Gasteiger charge is -2.08. The minimum Gasteiger partial charge on any atom is -0.454 e. The maximum absolute atomic E-state index is 12.6. The van der Waals surface area contributed by atoms with Gasteiger partial charge >= 0.3 is 0 Å². The highest BCUT2D eigenvalue weighted by molar-refractivity contribution is 7.92. The topological polar surface area (TPSA) is 148 Å². The highest BCUT2D eigenvalue weighted by atomic mass is 35.5. The number of carbonyl (C=O) groups is 1. The first-order valence-corrected chi connectivity index (χ1v) is 11.6. The molecule has 5 rings (SSSR count). The van der Waals surface area contributed by atoms with Crippen LogP contribution < -0.4 is 19.5 Å². The van der Waals surface area contributed by atoms with Gasteiger partial charge in [0.15, 0.2) is 22.5 Å². The summed E-state index contributed by atoms with van der Waals surface area (Å²) in [6.45, 7) is 0.165. The van der Waals surface area contributed by atoms with Gasteiger partial charge in [0.1, 0.15) is 5.69 Å². The van der Waals surface area contributed by atoms with Crippen LogP contribution in [0.5, 0.6) is 11.5 Å². The summed E-state index contributed by atoms with van der Waals surface area (Å²) in [5.74, 6) is 0.849. The minimum absolute atomic E-state index is 0.0196. The Morgan fingerprint density at radius 1 is 0.971 bits per heavy atom. The van der Waals surface area contributed by atoms with Gasteiger partial charge in [0.25, 0.3) is 15.9 Å². The zero-order chi connectivity index (χ0) is 23.7. The lowest BCUT2D eigenvalue weighted by molar-refractivity contribution is 0.102. The zero-order valence-corrected chi connectivity index (χ0v) is 18.7. The number of amides is 1. The number of benzene rings is 2. The number of nitrogens with zero attached hydrogens (tertiary/aromatic N) is 3. The molecule has 1 amide bonds. The van der Waals surface area contributed by atoms with Crippen LogP contribution in [-0.2, 0) is 10.0 Å². The molecule has 11 nitrogen and oxygen atoms in total. The number of halogens is 1. The van der Waals surface area contributed by atoms with Crippen LogP contribution in [-0.4, -0.2) is 41.5 Å². The van der Waals surface area contributed by atoms with Crippen LogP contribution in [0.2, 0.25) is 5.15 Å². The summed E-state index contributed by atoms with van der Waals surface area (Å²) in [5.41, 5.74) is 1.94. The van der Waals surface area contributed by atoms with Gasteiger partial charge < -0.3 is 14.8 Å². The summed E-state index contributed by atoms with van der Waals surface area (Å²) < 4.78 is 38.0. The van der Waals surface area contributed by atoms with Crippen LogP contribution in [0, 0.1) is 0 Å². The molecule has 1 aliphatic heterocycles. The van der Waals surface area contributed by atoms with Crippen molar-refractivity contribution < 1.29 is 22.7 Å². The van der Waals surface area contributed by atoms with E-state index in [2.05, 4.69) is 30.4 Å². The van der Waals surface area contributed by atoms with Gasteiger partial charge in [-0.25, -0.2) is 8.42 Å². The number of H-pyrrole nitrogens is 1. The third-order valence-corrected chi connectivity index (χ3v) is 6.36. The third-order valence-electron chi connectivity index (χ3n) is 4.78. The third kappa shape index (κ3) is 4.49. The van der Waals surface area contributed by atoms with E-state index in [4.69, 9.17) is 21.1 Å². The van der Waals surface area contributed by atoms with Gasteiger partial charge in [0.2, 0.25) is 6.79 Å². The monoisotopic (exact) mass is 498 g/mol. The predicted molar refractivity (Wildman–Crippen MR) is 122 cm³/mol. The fraction of sp³-hybridized carbons (Fsp3) is 0.0476. The van der Waals surface area contributed by atoms with E-state index in [0.29, 0.717) is 22.9 Å². The van der Waals surface area contributed by atoms with Gasteiger partial charge in [-0.15, -0.1) is 10.2 Å². The lowest BCUT2D eigenvalue weighted by Crippen LogP contribution is -2.15. The van der Waals surface area contributed by atoms with Crippen LogP contribution in [0.15, 0.2) is 65.6 Å². The van der Waals surface area contributed by atoms with E-state index in [1.807, 2.05) is 6.07 Å². The molecule has 2 aromatic carbocycles. The highest BCUT2D eigenvalue weighted by Gasteiger charge is 2.18. The summed E-state index contributed by atoms with van der Waals surface area (Å²) in [6, 6.07) is 15.4. The second kappa shape index (κ2) is 8.65. The van der Waals surface area contributed by atoms with Crippen molar-refractivity contribution in [2.45, 2.75) is 4.90 Å². The van der Waals surface area contributed by atoms with E-state index in [1.165, 1.54) is 36.4 Å². The van der Waals surface area contributed by atoms with Crippen LogP contribution in [0.1, 0.15) is 10.5 Å². The molecule has 0 spiro atoms. The maximum atomic E-state index is 12.6. The Labute approximate surface area is 198 Å². The number of hydrogen-bond donors (Lipinski definition) is 3. The van der Waals surface area contributed by atoms with E-state index < -0.39 is 15.9 Å². The Morgan fingerprint density at radius 3 is 2.53 bits per heavy atom. The SMILES string of the molecule is O=C(Nc1ccc(S(=O)(=O)Nc2ccc(Cl)nn2)cc1)c1cc(-c2ccc3c(c2)OCO3)n[nH]1. The molecule has 34 heavy (non-hydrogen) atoms. The first kappa shape index (κ1) is 21.7. The van der Waals surface area contributed by atoms with Gasteiger partial charge in [-0.1, -0.05) is 11.6 Å². The number of hydrogen-bond acceptors (Lipinski definition) is 8. The number of sulfonamides is 1. The van der Waals surface area contributed by atoms with Crippen molar-refractivity contribution >= 4 is 39.0 Å². The number of fused-ring (bicyclic) bond motifs is 1. The molecule has 0 radical (unpaired) electrons. The normalized spacial score (nSPS) is 12.4. The highest BCUT2D eigenvalue weighted by Crippen LogP contribution is 2.35. The summed E-state index contributed by atoms with van der Waals surface area (Å²) in [6.07, 6.45) is 0. The van der Waals surface area contributed by atoms with Crippen molar-refractivity contribution in [3.05, 3.63) is 71.5 Å². The van der Waals surface area contributed by atoms with Gasteiger partial charge in [0.05, 0.1) is 10.6 Å². The minimum atomic E-state index is -3.90. The molecule has 0 bridgehead atoms. The fourth-order valence-corrected chi connectivity index (χ4v) is 4.22. The van der Waals surface area contributed by atoms with Crippen molar-refractivity contribution in [3.63, 3.8) is 0 Å². The van der Waals surface area contributed by atoms with E-state index in [0.717, 1.165) is 5.56 Å². The second-order valence-electron chi connectivity index (χ2n) is 7.06. The predicted octanol–water partition coefficient (Wildman–Crippen LogP) is 3.30. The van der Waals surface area contributed by atoms with Gasteiger partial charge in [-0.3, -0.25) is 14.6 Å². The molecule has 13 heteroatoms. The van der Waals surface area contributed by atoms with Crippen molar-refractivity contribution in [1.29, 1.82) is 0 Å². The van der Waals surface area contributed by atoms with Crippen LogP contribution >= 0.6 is 11.6 Å². The molecule has 172 valence electrons. The number of aromatic amines is 1. The molecule has 2 aromatic heterocycles. The number of anilines is 2. The number of rotatable bonds is 6. The van der Waals surface area contributed by atoms with Gasteiger partial charge in [0, 0.05) is 11.3 Å². The first-order chi connectivity index (χ1) is 16.4. The first-order valence-electron chi connectivity index (χ1n) is 9.76. The van der Waals surface area contributed by atoms with Gasteiger partial charge in [-0.05, 0) is 60.7 Å². The molecule has 0 unspecified atom stereocenters. The standard InChI is InChI=1S/C21H15ClN6O5S/c22-19-7-8-20(27-26-19)28-34(30,31)14-4-2-13(3-5-14)23-21(29)16-10-15(24-25-16)12-1-6-17-18(9-12)33-11-32-17/h1-10H,11H2,(H,23,29)(H,24,25)(H,27,28). The van der Waals surface area contributed by atoms with Crippen LogP contribution in [0.3, 0.4) is 0 Å². The molecule has 1 aliphatic rings. The number of carbonyl (C=O) groups excluding carboxylic acids is 1. The maximum Gasteiger partial charge on any atom is 0.273 e. The molecule has 0 atom stereocenters. The smallest absolute Gasteiger partial charge is 0.273 e. The molecule has 0 saturated carbocycles. The number of aromatic nitrogens is 4. The van der Waals surface area contributed by atoms with Gasteiger partial charge in [-0.2, -0.15) is 5.10 Å². The number of nitrogens with one attached hydrogen (secondary N) is 3. The largest absolute Gasteiger partial charge is 0.454 e. The van der Waals surface area contributed by atoms with E-state index in [9.17, 15) is 13.2 Å². The van der Waals surface area contributed by atoms with Crippen molar-refractivity contribution in [1.82, 2.24) is 20.4 Å². The summed E-state index contributed by atoms with van der Waals surface area (Å²) >= 11 is 5.65. The average Bonchev–Trinajstić information content (AvgIpc) is 3.50. The van der Waals surface area contributed by atoms with Crippen LogP contribution in [0.4, 0.5) is 11.5 Å². The Kier molecular flexibility index (Phi) is 5.51. The fourth-order valence-electron chi connectivity index (χ4n) is 3.12. The summed E-state index contributed by atoms with van der Waals surface area (Å²) in [5, 5.41) is 17.0. The molecule has 3 heterocycles. The van der Waals surface area contributed by atoms with E-state index in [1.54, 1.807) is 18.2 Å². The van der Waals surface area contributed by atoms with Crippen molar-refractivity contribution in [2.24, 2.45) is 0 Å². The van der Waals surface area contributed by atoms with Crippen molar-refractivity contribution in [2.75, 3.05) is 16.8 Å². The Balaban J connectivity index is 1.26. The summed E-state index contributed by atoms with van der Waals surface area (Å²) in [7, 11) is -3.90. The Bertz CT molecular complexity index is 1470. The Morgan fingerprint density at radius 2 is 1.76 bits per heavy atom. The Hall–Kier alpha value is -4.16. The van der Waals surface area contributed by atoms with Crippen molar-refractivity contribution in [3.8, 4) is 22.8 Å². The molecule has 0 saturated heterocycles. The second-order valence-corrected chi connectivity index (χ2v) is 9.13. The molecular weight excluding hydrogens is 484 g/mol. The number of ether oxygens (including phenoxy) is 2. The molecule has 4 aromatic rings. The lowest BCUT2D eigenvalue weighted by atomic mass is 10.1. The molecule has 3 N–H and O–H groups in total. The molecule has 0 fully saturated rings.